The Kier molecular flexibility index (Phi) is 4.62. The molecular weight excluding hydrogens is 374 g/mol. The van der Waals surface area contributed by atoms with Crippen molar-refractivity contribution in [3.05, 3.63) is 27.6 Å². The molecule has 1 N–H and O–H groups in total. The monoisotopic (exact) mass is 390 g/mol. The SMILES string of the molecule is CCC(C)N1C(=O)CC(Nc2ccc(F)cc2I)C1=O. The van der Waals surface area contributed by atoms with E-state index in [1.54, 1.807) is 6.07 Å². The molecule has 1 heterocycles. The van der Waals surface area contributed by atoms with E-state index in [-0.39, 0.29) is 30.1 Å². The van der Waals surface area contributed by atoms with Gasteiger partial charge >= 0.3 is 0 Å². The molecule has 4 nitrogen and oxygen atoms in total. The van der Waals surface area contributed by atoms with E-state index in [1.165, 1.54) is 17.0 Å². The smallest absolute Gasteiger partial charge is 0.252 e. The van der Waals surface area contributed by atoms with Gasteiger partial charge in [0.2, 0.25) is 5.91 Å². The van der Waals surface area contributed by atoms with E-state index in [2.05, 4.69) is 5.32 Å². The number of anilines is 1. The Bertz CT molecular complexity index is 550. The van der Waals surface area contributed by atoms with Gasteiger partial charge in [0, 0.05) is 15.3 Å². The molecule has 0 bridgehead atoms. The van der Waals surface area contributed by atoms with E-state index in [9.17, 15) is 14.0 Å². The van der Waals surface area contributed by atoms with Crippen LogP contribution >= 0.6 is 22.6 Å². The Hall–Kier alpha value is -1.18. The first-order valence-electron chi connectivity index (χ1n) is 6.51. The van der Waals surface area contributed by atoms with E-state index >= 15 is 0 Å². The van der Waals surface area contributed by atoms with Crippen molar-refractivity contribution in [1.29, 1.82) is 0 Å². The predicted octanol–water partition coefficient (Wildman–Crippen LogP) is 2.77. The zero-order chi connectivity index (χ0) is 14.9. The van der Waals surface area contributed by atoms with E-state index in [0.717, 1.165) is 6.42 Å². The van der Waals surface area contributed by atoms with E-state index < -0.39 is 6.04 Å². The average molecular weight is 390 g/mol. The number of rotatable bonds is 4. The standard InChI is InChI=1S/C14H16FIN2O2/c1-3-8(2)18-13(19)7-12(14(18)20)17-11-5-4-9(15)6-10(11)16/h4-6,8,12,17H,3,7H2,1-2H3. The number of amides is 2. The van der Waals surface area contributed by atoms with Crippen LogP contribution in [0.2, 0.25) is 0 Å². The third-order valence-corrected chi connectivity index (χ3v) is 4.37. The van der Waals surface area contributed by atoms with Gasteiger partial charge in [-0.05, 0) is 54.1 Å². The summed E-state index contributed by atoms with van der Waals surface area (Å²) in [7, 11) is 0. The maximum Gasteiger partial charge on any atom is 0.252 e. The normalized spacial score (nSPS) is 20.4. The Morgan fingerprint density at radius 3 is 2.80 bits per heavy atom. The summed E-state index contributed by atoms with van der Waals surface area (Å²) in [4.78, 5) is 25.5. The van der Waals surface area contributed by atoms with Gasteiger partial charge < -0.3 is 5.32 Å². The Morgan fingerprint density at radius 1 is 1.50 bits per heavy atom. The van der Waals surface area contributed by atoms with Crippen molar-refractivity contribution in [2.75, 3.05) is 5.32 Å². The summed E-state index contributed by atoms with van der Waals surface area (Å²) in [5.74, 6) is -0.682. The number of likely N-dealkylation sites (tertiary alicyclic amines) is 1. The molecule has 108 valence electrons. The van der Waals surface area contributed by atoms with Crippen molar-refractivity contribution in [3.63, 3.8) is 0 Å². The van der Waals surface area contributed by atoms with Crippen LogP contribution in [0, 0.1) is 9.39 Å². The van der Waals surface area contributed by atoms with Crippen LogP contribution in [0.1, 0.15) is 26.7 Å². The van der Waals surface area contributed by atoms with Crippen LogP contribution in [0.15, 0.2) is 18.2 Å². The molecular formula is C14H16FIN2O2. The van der Waals surface area contributed by atoms with Crippen molar-refractivity contribution >= 4 is 40.1 Å². The van der Waals surface area contributed by atoms with Gasteiger partial charge in [-0.2, -0.15) is 0 Å². The highest BCUT2D eigenvalue weighted by atomic mass is 127. The topological polar surface area (TPSA) is 49.4 Å². The van der Waals surface area contributed by atoms with Gasteiger partial charge in [0.1, 0.15) is 11.9 Å². The maximum atomic E-state index is 13.1. The van der Waals surface area contributed by atoms with Gasteiger partial charge in [0.25, 0.3) is 5.91 Å². The minimum Gasteiger partial charge on any atom is -0.372 e. The van der Waals surface area contributed by atoms with E-state index in [4.69, 9.17) is 0 Å². The predicted molar refractivity (Wildman–Crippen MR) is 82.8 cm³/mol. The number of hydrogen-bond donors (Lipinski definition) is 1. The highest BCUT2D eigenvalue weighted by molar-refractivity contribution is 14.1. The van der Waals surface area contributed by atoms with Crippen LogP contribution < -0.4 is 5.32 Å². The summed E-state index contributed by atoms with van der Waals surface area (Å²) in [5.41, 5.74) is 0.671. The second-order valence-electron chi connectivity index (χ2n) is 4.88. The molecule has 2 amide bonds. The molecule has 1 saturated heterocycles. The molecule has 1 aliphatic heterocycles. The fraction of sp³-hybridized carbons (Fsp3) is 0.429. The molecule has 6 heteroatoms. The van der Waals surface area contributed by atoms with Crippen molar-refractivity contribution < 1.29 is 14.0 Å². The fourth-order valence-corrected chi connectivity index (χ4v) is 2.84. The summed E-state index contributed by atoms with van der Waals surface area (Å²) < 4.78 is 13.7. The lowest BCUT2D eigenvalue weighted by molar-refractivity contribution is -0.140. The third-order valence-electron chi connectivity index (χ3n) is 3.48. The van der Waals surface area contributed by atoms with E-state index in [1.807, 2.05) is 36.4 Å². The number of imide groups is 1. The molecule has 1 fully saturated rings. The first-order chi connectivity index (χ1) is 9.43. The molecule has 0 aliphatic carbocycles. The zero-order valence-corrected chi connectivity index (χ0v) is 13.5. The van der Waals surface area contributed by atoms with Crippen LogP contribution in [0.5, 0.6) is 0 Å². The van der Waals surface area contributed by atoms with Gasteiger partial charge in [0.05, 0.1) is 6.42 Å². The summed E-state index contributed by atoms with van der Waals surface area (Å²) in [6, 6.07) is 3.65. The third kappa shape index (κ3) is 2.94. The van der Waals surface area contributed by atoms with Crippen LogP contribution in [-0.4, -0.2) is 28.8 Å². The lowest BCUT2D eigenvalue weighted by atomic mass is 10.2. The van der Waals surface area contributed by atoms with Gasteiger partial charge in [0.15, 0.2) is 0 Å². The van der Waals surface area contributed by atoms with Gasteiger partial charge in [-0.1, -0.05) is 6.92 Å². The van der Waals surface area contributed by atoms with Crippen LogP contribution in [0.25, 0.3) is 0 Å². The first kappa shape index (κ1) is 15.2. The maximum absolute atomic E-state index is 13.1. The number of halogens is 2. The molecule has 2 unspecified atom stereocenters. The molecule has 1 aromatic rings. The number of benzene rings is 1. The molecule has 0 aromatic heterocycles. The number of carbonyl (C=O) groups is 2. The number of carbonyl (C=O) groups excluding carboxylic acids is 2. The van der Waals surface area contributed by atoms with Gasteiger partial charge in [-0.25, -0.2) is 4.39 Å². The molecule has 1 aliphatic rings. The van der Waals surface area contributed by atoms with Crippen molar-refractivity contribution in [1.82, 2.24) is 4.90 Å². The highest BCUT2D eigenvalue weighted by Gasteiger charge is 2.40. The summed E-state index contributed by atoms with van der Waals surface area (Å²) in [6.45, 7) is 3.80. The summed E-state index contributed by atoms with van der Waals surface area (Å²) >= 11 is 2.00. The summed E-state index contributed by atoms with van der Waals surface area (Å²) in [6.07, 6.45) is 0.884. The molecule has 20 heavy (non-hydrogen) atoms. The fourth-order valence-electron chi connectivity index (χ4n) is 2.20. The van der Waals surface area contributed by atoms with E-state index in [0.29, 0.717) is 9.26 Å². The van der Waals surface area contributed by atoms with Crippen molar-refractivity contribution in [2.45, 2.75) is 38.8 Å². The quantitative estimate of drug-likeness (QED) is 0.636. The number of nitrogens with one attached hydrogen (secondary N) is 1. The zero-order valence-electron chi connectivity index (χ0n) is 11.3. The number of hydrogen-bond acceptors (Lipinski definition) is 3. The van der Waals surface area contributed by atoms with Crippen molar-refractivity contribution in [3.8, 4) is 0 Å². The largest absolute Gasteiger partial charge is 0.372 e. The Morgan fingerprint density at radius 2 is 2.20 bits per heavy atom. The minimum absolute atomic E-state index is 0.0888. The lowest BCUT2D eigenvalue weighted by Gasteiger charge is -2.22. The second-order valence-corrected chi connectivity index (χ2v) is 6.05. The van der Waals surface area contributed by atoms with Crippen LogP contribution in [0.3, 0.4) is 0 Å². The van der Waals surface area contributed by atoms with Crippen LogP contribution in [-0.2, 0) is 9.59 Å². The second kappa shape index (κ2) is 6.07. The molecule has 1 aromatic carbocycles. The number of nitrogens with zero attached hydrogens (tertiary/aromatic N) is 1. The summed E-state index contributed by atoms with van der Waals surface area (Å²) in [5, 5.41) is 3.04. The Balaban J connectivity index is 2.15. The first-order valence-corrected chi connectivity index (χ1v) is 7.59. The Labute approximate surface area is 130 Å². The van der Waals surface area contributed by atoms with Gasteiger partial charge in [-0.3, -0.25) is 14.5 Å². The average Bonchev–Trinajstić information content (AvgIpc) is 2.67. The molecule has 0 spiro atoms. The molecule has 0 radical (unpaired) electrons. The molecule has 2 atom stereocenters. The van der Waals surface area contributed by atoms with Crippen molar-refractivity contribution in [2.24, 2.45) is 0 Å². The van der Waals surface area contributed by atoms with Gasteiger partial charge in [-0.15, -0.1) is 0 Å². The minimum atomic E-state index is -0.560. The molecule has 2 rings (SSSR count). The lowest BCUT2D eigenvalue weighted by Crippen LogP contribution is -2.40. The molecule has 0 saturated carbocycles. The highest BCUT2D eigenvalue weighted by Crippen LogP contribution is 2.25. The van der Waals surface area contributed by atoms with Crippen LogP contribution in [0.4, 0.5) is 10.1 Å².